The van der Waals surface area contributed by atoms with Gasteiger partial charge in [-0.15, -0.1) is 0 Å². The number of benzene rings is 2. The number of aryl methyl sites for hydroxylation is 1. The quantitative estimate of drug-likeness (QED) is 0.393. The minimum absolute atomic E-state index is 0.0507. The van der Waals surface area contributed by atoms with Crippen molar-refractivity contribution < 1.29 is 17.4 Å². The fourth-order valence-corrected chi connectivity index (χ4v) is 3.21. The molecule has 3 aromatic rings. The standard InChI is InChI=1S/C20H17N3O4S/c1-15-8-10-18(11-9-15)28(25,26)27-19-7-3-2-5-16(19)14-22-23-20(24)17-6-4-12-21-13-17/h2-14H,1H3,(H,23,24)/b22-14+. The van der Waals surface area contributed by atoms with Gasteiger partial charge >= 0.3 is 10.1 Å². The molecule has 0 atom stereocenters. The molecule has 0 fully saturated rings. The van der Waals surface area contributed by atoms with Crippen molar-refractivity contribution in [3.8, 4) is 5.75 Å². The van der Waals surface area contributed by atoms with Crippen LogP contribution in [0.3, 0.4) is 0 Å². The van der Waals surface area contributed by atoms with Crippen LogP contribution in [0, 0.1) is 6.92 Å². The first kappa shape index (κ1) is 19.2. The number of nitrogens with zero attached hydrogens (tertiary/aromatic N) is 2. The Balaban J connectivity index is 1.76. The summed E-state index contributed by atoms with van der Waals surface area (Å²) in [5, 5.41) is 3.87. The van der Waals surface area contributed by atoms with E-state index < -0.39 is 16.0 Å². The molecule has 2 aromatic carbocycles. The van der Waals surface area contributed by atoms with Crippen LogP contribution >= 0.6 is 0 Å². The minimum Gasteiger partial charge on any atom is -0.378 e. The van der Waals surface area contributed by atoms with Gasteiger partial charge in [-0.25, -0.2) is 5.43 Å². The molecule has 28 heavy (non-hydrogen) atoms. The minimum atomic E-state index is -3.99. The molecule has 1 N–H and O–H groups in total. The molecule has 8 heteroatoms. The predicted octanol–water partition coefficient (Wildman–Crippen LogP) is 2.92. The van der Waals surface area contributed by atoms with E-state index in [0.29, 0.717) is 11.1 Å². The van der Waals surface area contributed by atoms with Crippen LogP contribution in [0.5, 0.6) is 5.75 Å². The van der Waals surface area contributed by atoms with Crippen LogP contribution in [0.15, 0.2) is 83.1 Å². The average molecular weight is 395 g/mol. The van der Waals surface area contributed by atoms with Gasteiger partial charge in [0, 0.05) is 18.0 Å². The van der Waals surface area contributed by atoms with Gasteiger partial charge in [-0.3, -0.25) is 9.78 Å². The molecule has 0 aliphatic carbocycles. The van der Waals surface area contributed by atoms with Crippen LogP contribution in [-0.2, 0) is 10.1 Å². The van der Waals surface area contributed by atoms with Crippen molar-refractivity contribution >= 4 is 22.2 Å². The molecular formula is C20H17N3O4S. The van der Waals surface area contributed by atoms with Crippen molar-refractivity contribution in [1.29, 1.82) is 0 Å². The van der Waals surface area contributed by atoms with Gasteiger partial charge in [0.05, 0.1) is 11.8 Å². The summed E-state index contributed by atoms with van der Waals surface area (Å²) < 4.78 is 30.2. The Morgan fingerprint density at radius 3 is 2.54 bits per heavy atom. The molecule has 0 saturated heterocycles. The first-order chi connectivity index (χ1) is 13.5. The number of hydrogen-bond donors (Lipinski definition) is 1. The second-order valence-corrected chi connectivity index (χ2v) is 7.38. The van der Waals surface area contributed by atoms with Gasteiger partial charge in [0.1, 0.15) is 4.90 Å². The molecule has 0 aliphatic rings. The third kappa shape index (κ3) is 4.80. The van der Waals surface area contributed by atoms with Gasteiger partial charge in [0.25, 0.3) is 5.91 Å². The molecule has 0 aliphatic heterocycles. The summed E-state index contributed by atoms with van der Waals surface area (Å²) in [5.41, 5.74) is 4.05. The van der Waals surface area contributed by atoms with E-state index in [1.165, 1.54) is 30.6 Å². The van der Waals surface area contributed by atoms with Crippen LogP contribution in [0.2, 0.25) is 0 Å². The zero-order chi connectivity index (χ0) is 20.0. The summed E-state index contributed by atoms with van der Waals surface area (Å²) in [6.45, 7) is 1.86. The second-order valence-electron chi connectivity index (χ2n) is 5.83. The predicted molar refractivity (Wildman–Crippen MR) is 105 cm³/mol. The summed E-state index contributed by atoms with van der Waals surface area (Å²) in [5.74, 6) is -0.336. The monoisotopic (exact) mass is 395 g/mol. The molecule has 3 rings (SSSR count). The van der Waals surface area contributed by atoms with Crippen LogP contribution in [0.25, 0.3) is 0 Å². The van der Waals surface area contributed by atoms with Gasteiger partial charge < -0.3 is 4.18 Å². The number of nitrogens with one attached hydrogen (secondary N) is 1. The van der Waals surface area contributed by atoms with Crippen molar-refractivity contribution in [3.63, 3.8) is 0 Å². The van der Waals surface area contributed by atoms with E-state index in [2.05, 4.69) is 15.5 Å². The van der Waals surface area contributed by atoms with Crippen LogP contribution in [0.1, 0.15) is 21.5 Å². The van der Waals surface area contributed by atoms with Crippen LogP contribution < -0.4 is 9.61 Å². The average Bonchev–Trinajstić information content (AvgIpc) is 2.70. The van der Waals surface area contributed by atoms with E-state index in [4.69, 9.17) is 4.18 Å². The summed E-state index contributed by atoms with van der Waals surface area (Å²) in [7, 11) is -3.99. The first-order valence-corrected chi connectivity index (χ1v) is 9.70. The fourth-order valence-electron chi connectivity index (χ4n) is 2.26. The normalized spacial score (nSPS) is 11.3. The smallest absolute Gasteiger partial charge is 0.339 e. The van der Waals surface area contributed by atoms with Crippen molar-refractivity contribution in [2.24, 2.45) is 5.10 Å². The maximum absolute atomic E-state index is 12.5. The molecular weight excluding hydrogens is 378 g/mol. The molecule has 1 amide bonds. The zero-order valence-electron chi connectivity index (χ0n) is 14.9. The third-order valence-corrected chi connectivity index (χ3v) is 4.97. The van der Waals surface area contributed by atoms with Crippen molar-refractivity contribution in [2.75, 3.05) is 0 Å². The SMILES string of the molecule is Cc1ccc(S(=O)(=O)Oc2ccccc2/C=N/NC(=O)c2cccnc2)cc1. The van der Waals surface area contributed by atoms with Crippen molar-refractivity contribution in [3.05, 3.63) is 89.7 Å². The lowest BCUT2D eigenvalue weighted by atomic mass is 10.2. The zero-order valence-corrected chi connectivity index (χ0v) is 15.8. The highest BCUT2D eigenvalue weighted by atomic mass is 32.2. The number of para-hydroxylation sites is 1. The number of carbonyl (C=O) groups is 1. The van der Waals surface area contributed by atoms with Gasteiger partial charge in [-0.1, -0.05) is 29.8 Å². The second kappa shape index (κ2) is 8.45. The molecule has 0 radical (unpaired) electrons. The largest absolute Gasteiger partial charge is 0.378 e. The highest BCUT2D eigenvalue weighted by molar-refractivity contribution is 7.87. The van der Waals surface area contributed by atoms with Crippen molar-refractivity contribution in [2.45, 2.75) is 11.8 Å². The Bertz CT molecular complexity index is 1100. The van der Waals surface area contributed by atoms with E-state index in [1.807, 2.05) is 6.92 Å². The number of rotatable bonds is 6. The van der Waals surface area contributed by atoms with Crippen molar-refractivity contribution in [1.82, 2.24) is 10.4 Å². The Kier molecular flexibility index (Phi) is 5.81. The summed E-state index contributed by atoms with van der Waals surface area (Å²) in [6.07, 6.45) is 4.28. The van der Waals surface area contributed by atoms with Gasteiger partial charge in [-0.2, -0.15) is 13.5 Å². The fraction of sp³-hybridized carbons (Fsp3) is 0.0500. The van der Waals surface area contributed by atoms with E-state index in [1.54, 1.807) is 48.7 Å². The number of amides is 1. The maximum Gasteiger partial charge on any atom is 0.339 e. The summed E-state index contributed by atoms with van der Waals surface area (Å²) in [6, 6.07) is 16.1. The van der Waals surface area contributed by atoms with Crippen LogP contribution in [-0.4, -0.2) is 25.5 Å². The molecule has 7 nitrogen and oxygen atoms in total. The number of aromatic nitrogens is 1. The summed E-state index contributed by atoms with van der Waals surface area (Å²) >= 11 is 0. The molecule has 0 spiro atoms. The molecule has 0 bridgehead atoms. The summed E-state index contributed by atoms with van der Waals surface area (Å²) in [4.78, 5) is 15.9. The number of hydrazone groups is 1. The molecule has 142 valence electrons. The molecule has 0 saturated carbocycles. The van der Waals surface area contributed by atoms with E-state index >= 15 is 0 Å². The Morgan fingerprint density at radius 1 is 1.07 bits per heavy atom. The van der Waals surface area contributed by atoms with Gasteiger partial charge in [-0.05, 0) is 43.3 Å². The number of carbonyl (C=O) groups excluding carboxylic acids is 1. The van der Waals surface area contributed by atoms with Gasteiger partial charge in [0.15, 0.2) is 5.75 Å². The molecule has 1 aromatic heterocycles. The lowest BCUT2D eigenvalue weighted by molar-refractivity contribution is 0.0954. The Morgan fingerprint density at radius 2 is 1.82 bits per heavy atom. The lowest BCUT2D eigenvalue weighted by Crippen LogP contribution is -2.17. The first-order valence-electron chi connectivity index (χ1n) is 8.29. The van der Waals surface area contributed by atoms with Gasteiger partial charge in [0.2, 0.25) is 0 Å². The lowest BCUT2D eigenvalue weighted by Gasteiger charge is -2.09. The van der Waals surface area contributed by atoms with E-state index in [0.717, 1.165) is 5.56 Å². The Hall–Kier alpha value is -3.52. The highest BCUT2D eigenvalue weighted by Gasteiger charge is 2.17. The topological polar surface area (TPSA) is 97.7 Å². The maximum atomic E-state index is 12.5. The van der Waals surface area contributed by atoms with E-state index in [-0.39, 0.29) is 10.6 Å². The number of pyridine rings is 1. The Labute approximate surface area is 162 Å². The molecule has 1 heterocycles. The number of hydrogen-bond acceptors (Lipinski definition) is 6. The van der Waals surface area contributed by atoms with E-state index in [9.17, 15) is 13.2 Å². The highest BCUT2D eigenvalue weighted by Crippen LogP contribution is 2.22. The third-order valence-electron chi connectivity index (χ3n) is 3.72. The van der Waals surface area contributed by atoms with Crippen LogP contribution in [0.4, 0.5) is 0 Å². The molecule has 0 unspecified atom stereocenters.